The van der Waals surface area contributed by atoms with Crippen LogP contribution in [0.15, 0.2) is 79.0 Å². The Hall–Kier alpha value is -2.95. The van der Waals surface area contributed by atoms with Crippen LogP contribution in [0.5, 0.6) is 0 Å². The molecule has 5 rings (SSSR count). The first-order valence-corrected chi connectivity index (χ1v) is 11.9. The number of aliphatic hydroxyl groups excluding tert-OH is 2. The zero-order chi connectivity index (χ0) is 24.9. The predicted molar refractivity (Wildman–Crippen MR) is 144 cm³/mol. The zero-order valence-corrected chi connectivity index (χ0v) is 23.4. The van der Waals surface area contributed by atoms with Gasteiger partial charge in [0.2, 0.25) is 0 Å². The molecule has 4 aromatic carbocycles. The number of hydrogen-bond donors (Lipinski definition) is 2. The van der Waals surface area contributed by atoms with Gasteiger partial charge in [-0.2, -0.15) is 0 Å². The molecule has 1 heterocycles. The van der Waals surface area contributed by atoms with Crippen LogP contribution in [0.4, 0.5) is 0 Å². The van der Waals surface area contributed by atoms with E-state index >= 15 is 0 Å². The number of aliphatic hydroxyl groups is 2. The smallest absolute Gasteiger partial charge is 0.0539 e. The van der Waals surface area contributed by atoms with E-state index in [2.05, 4.69) is 88.8 Å². The minimum atomic E-state index is -0.375. The van der Waals surface area contributed by atoms with Crippen LogP contribution < -0.4 is 0 Å². The zero-order valence-electron chi connectivity index (χ0n) is 21.0. The van der Waals surface area contributed by atoms with Crippen LogP contribution in [0.25, 0.3) is 43.9 Å². The van der Waals surface area contributed by atoms with E-state index in [9.17, 15) is 0 Å². The molecule has 0 aliphatic heterocycles. The molecule has 187 valence electrons. The molecule has 2 N–H and O–H groups in total. The van der Waals surface area contributed by atoms with Gasteiger partial charge >= 0.3 is 0 Å². The van der Waals surface area contributed by atoms with Crippen LogP contribution in [-0.2, 0) is 20.1 Å². The Balaban J connectivity index is 0.000000400. The molecule has 36 heavy (non-hydrogen) atoms. The van der Waals surface area contributed by atoms with E-state index in [0.29, 0.717) is 6.42 Å². The maximum atomic E-state index is 8.56. The van der Waals surface area contributed by atoms with Gasteiger partial charge in [0.05, 0.1) is 17.9 Å². The van der Waals surface area contributed by atoms with Crippen LogP contribution in [0.3, 0.4) is 0 Å². The van der Waals surface area contributed by atoms with E-state index < -0.39 is 0 Å². The Kier molecular flexibility index (Phi) is 9.47. The molecular formula is C31H31IrN2O2-. The fraction of sp³-hybridized carbons (Fsp3) is 0.226. The summed E-state index contributed by atoms with van der Waals surface area (Å²) < 4.78 is 0. The third kappa shape index (κ3) is 6.24. The first-order valence-electron chi connectivity index (χ1n) is 11.9. The minimum absolute atomic E-state index is 0. The number of aryl methyl sites for hydroxylation is 2. The van der Waals surface area contributed by atoms with Gasteiger partial charge in [0.1, 0.15) is 0 Å². The van der Waals surface area contributed by atoms with Crippen molar-refractivity contribution in [2.45, 2.75) is 46.3 Å². The standard InChI is InChI=1S/C26H19N2.C5H12O2.Ir/c1-17-16-27-26(18(2)28-17)25-15-14-24(22-11-5-6-12-23(22)25)21-13-7-9-19-8-3-4-10-20(19)21;1-4(6)3-5(2)7;/h3-14,16H,1-2H3;4-7H,3H2,1-2H3;/q-1;;. The van der Waals surface area contributed by atoms with Gasteiger partial charge in [-0.3, -0.25) is 4.98 Å². The summed E-state index contributed by atoms with van der Waals surface area (Å²) in [7, 11) is 0. The van der Waals surface area contributed by atoms with E-state index in [-0.39, 0.29) is 32.3 Å². The maximum absolute atomic E-state index is 8.56. The van der Waals surface area contributed by atoms with Crippen molar-refractivity contribution in [3.05, 3.63) is 96.4 Å². The summed E-state index contributed by atoms with van der Waals surface area (Å²) in [6.45, 7) is 7.30. The minimum Gasteiger partial charge on any atom is -0.393 e. The van der Waals surface area contributed by atoms with Crippen molar-refractivity contribution in [1.82, 2.24) is 9.97 Å². The SMILES string of the molecule is CC(O)CC(C)O.Cc1cnc(-c2[c-]cc(-c3cccc4ccccc34)c3ccccc23)c(C)n1.[Ir]. The Morgan fingerprint density at radius 1 is 0.778 bits per heavy atom. The van der Waals surface area contributed by atoms with Gasteiger partial charge in [-0.25, -0.2) is 0 Å². The number of rotatable bonds is 4. The topological polar surface area (TPSA) is 66.2 Å². The predicted octanol–water partition coefficient (Wildman–Crippen LogP) is 6.67. The quantitative estimate of drug-likeness (QED) is 0.213. The molecule has 0 amide bonds. The molecule has 5 aromatic rings. The Morgan fingerprint density at radius 2 is 1.39 bits per heavy atom. The molecule has 0 fully saturated rings. The van der Waals surface area contributed by atoms with Crippen molar-refractivity contribution in [3.8, 4) is 22.4 Å². The van der Waals surface area contributed by atoms with Crippen LogP contribution in [-0.4, -0.2) is 32.4 Å². The monoisotopic (exact) mass is 656 g/mol. The molecular weight excluding hydrogens is 625 g/mol. The number of nitrogens with zero attached hydrogens (tertiary/aromatic N) is 2. The molecule has 0 spiro atoms. The molecule has 1 radical (unpaired) electrons. The van der Waals surface area contributed by atoms with Crippen LogP contribution >= 0.6 is 0 Å². The fourth-order valence-corrected chi connectivity index (χ4v) is 4.45. The van der Waals surface area contributed by atoms with Crippen molar-refractivity contribution in [2.75, 3.05) is 0 Å². The Bertz CT molecular complexity index is 1450. The number of aromatic nitrogens is 2. The van der Waals surface area contributed by atoms with E-state index in [1.807, 2.05) is 20.0 Å². The molecule has 2 atom stereocenters. The second-order valence-corrected chi connectivity index (χ2v) is 9.03. The molecule has 4 nitrogen and oxygen atoms in total. The van der Waals surface area contributed by atoms with Crippen molar-refractivity contribution in [1.29, 1.82) is 0 Å². The maximum Gasteiger partial charge on any atom is 0.0539 e. The van der Waals surface area contributed by atoms with Crippen molar-refractivity contribution >= 4 is 21.5 Å². The molecule has 0 saturated heterocycles. The van der Waals surface area contributed by atoms with Gasteiger partial charge in [-0.15, -0.1) is 17.7 Å². The summed E-state index contributed by atoms with van der Waals surface area (Å²) in [4.78, 5) is 9.25. The molecule has 0 aliphatic carbocycles. The summed E-state index contributed by atoms with van der Waals surface area (Å²) in [5.74, 6) is 0. The van der Waals surface area contributed by atoms with Gasteiger partial charge in [0.15, 0.2) is 0 Å². The molecule has 2 unspecified atom stereocenters. The Labute approximate surface area is 226 Å². The summed E-state index contributed by atoms with van der Waals surface area (Å²) in [6.07, 6.45) is 1.55. The summed E-state index contributed by atoms with van der Waals surface area (Å²) in [5, 5.41) is 22.0. The largest absolute Gasteiger partial charge is 0.393 e. The van der Waals surface area contributed by atoms with Crippen LogP contribution in [0.2, 0.25) is 0 Å². The number of hydrogen-bond acceptors (Lipinski definition) is 4. The van der Waals surface area contributed by atoms with Gasteiger partial charge in [0.25, 0.3) is 0 Å². The van der Waals surface area contributed by atoms with E-state index in [0.717, 1.165) is 28.0 Å². The second-order valence-electron chi connectivity index (χ2n) is 9.03. The third-order valence-electron chi connectivity index (χ3n) is 5.91. The van der Waals surface area contributed by atoms with Gasteiger partial charge in [-0.05, 0) is 44.9 Å². The summed E-state index contributed by atoms with van der Waals surface area (Å²) >= 11 is 0. The molecule has 0 bridgehead atoms. The molecule has 5 heteroatoms. The van der Waals surface area contributed by atoms with E-state index in [1.54, 1.807) is 13.8 Å². The normalized spacial score (nSPS) is 12.4. The van der Waals surface area contributed by atoms with Crippen molar-refractivity contribution in [3.63, 3.8) is 0 Å². The average Bonchev–Trinajstić information content (AvgIpc) is 2.83. The second kappa shape index (κ2) is 12.3. The number of fused-ring (bicyclic) bond motifs is 2. The average molecular weight is 656 g/mol. The van der Waals surface area contributed by atoms with Crippen LogP contribution in [0, 0.1) is 19.9 Å². The summed E-state index contributed by atoms with van der Waals surface area (Å²) in [5.41, 5.74) is 6.17. The third-order valence-corrected chi connectivity index (χ3v) is 5.91. The van der Waals surface area contributed by atoms with E-state index in [1.165, 1.54) is 27.3 Å². The first-order chi connectivity index (χ1) is 16.8. The van der Waals surface area contributed by atoms with Gasteiger partial charge in [-0.1, -0.05) is 88.6 Å². The van der Waals surface area contributed by atoms with Crippen molar-refractivity contribution in [2.24, 2.45) is 0 Å². The van der Waals surface area contributed by atoms with Gasteiger partial charge < -0.3 is 15.2 Å². The fourth-order valence-electron chi connectivity index (χ4n) is 4.45. The summed E-state index contributed by atoms with van der Waals surface area (Å²) in [6, 6.07) is 29.1. The van der Waals surface area contributed by atoms with Crippen LogP contribution in [0.1, 0.15) is 31.7 Å². The van der Waals surface area contributed by atoms with Gasteiger partial charge in [0, 0.05) is 37.7 Å². The van der Waals surface area contributed by atoms with E-state index in [4.69, 9.17) is 10.2 Å². The Morgan fingerprint density at radius 3 is 2.03 bits per heavy atom. The molecule has 0 aliphatic rings. The molecule has 0 saturated carbocycles. The first kappa shape index (κ1) is 27.6. The molecule has 1 aromatic heterocycles. The van der Waals surface area contributed by atoms with Crippen molar-refractivity contribution < 1.29 is 30.3 Å². The number of benzene rings is 4.